The average molecular weight is 401 g/mol. The zero-order valence-electron chi connectivity index (χ0n) is 15.7. The van der Waals surface area contributed by atoms with Crippen molar-refractivity contribution in [1.29, 1.82) is 0 Å². The first-order chi connectivity index (χ1) is 13.7. The highest BCUT2D eigenvalue weighted by molar-refractivity contribution is 5.92. The molecule has 0 atom stereocenters. The topological polar surface area (TPSA) is 72.0 Å². The number of hydrogen-bond donors (Lipinski definition) is 2. The number of anilines is 3. The van der Waals surface area contributed by atoms with Gasteiger partial charge in [0.1, 0.15) is 11.4 Å². The molecule has 0 radical (unpaired) electrons. The fourth-order valence-electron chi connectivity index (χ4n) is 2.94. The van der Waals surface area contributed by atoms with E-state index in [1.807, 2.05) is 6.07 Å². The summed E-state index contributed by atoms with van der Waals surface area (Å²) >= 11 is 0. The number of fused-ring (bicyclic) bond motifs is 1. The summed E-state index contributed by atoms with van der Waals surface area (Å²) in [5.74, 6) is -0.180. The van der Waals surface area contributed by atoms with Crippen LogP contribution in [0.2, 0.25) is 0 Å². The number of hydrogen-bond acceptors (Lipinski definition) is 5. The lowest BCUT2D eigenvalue weighted by molar-refractivity contribution is -0.137. The molecule has 1 aliphatic rings. The third-order valence-electron chi connectivity index (χ3n) is 4.66. The summed E-state index contributed by atoms with van der Waals surface area (Å²) in [7, 11) is 0. The fourth-order valence-corrected chi connectivity index (χ4v) is 2.94. The van der Waals surface area contributed by atoms with E-state index in [4.69, 9.17) is 6.57 Å². The van der Waals surface area contributed by atoms with Crippen LogP contribution in [0.25, 0.3) is 15.7 Å². The minimum atomic E-state index is -4.54. The molecule has 0 unspecified atom stereocenters. The van der Waals surface area contributed by atoms with Crippen molar-refractivity contribution in [2.45, 2.75) is 44.6 Å². The molecule has 1 fully saturated rings. The lowest BCUT2D eigenvalue weighted by atomic mass is 10.2. The van der Waals surface area contributed by atoms with Gasteiger partial charge in [0, 0.05) is 31.5 Å². The summed E-state index contributed by atoms with van der Waals surface area (Å²) in [5.41, 5.74) is -0.447. The highest BCUT2D eigenvalue weighted by Gasteiger charge is 2.37. The van der Waals surface area contributed by atoms with Crippen molar-refractivity contribution in [2.24, 2.45) is 0 Å². The lowest BCUT2D eigenvalue weighted by Crippen LogP contribution is -2.22. The van der Waals surface area contributed by atoms with Gasteiger partial charge in [0.2, 0.25) is 5.95 Å². The van der Waals surface area contributed by atoms with Crippen LogP contribution >= 0.6 is 0 Å². The summed E-state index contributed by atoms with van der Waals surface area (Å²) in [6.45, 7) is 10.9. The Morgan fingerprint density at radius 2 is 1.97 bits per heavy atom. The predicted octanol–water partition coefficient (Wildman–Crippen LogP) is 4.77. The van der Waals surface area contributed by atoms with E-state index >= 15 is 0 Å². The molecule has 0 saturated heterocycles. The Morgan fingerprint density at radius 1 is 1.21 bits per heavy atom. The van der Waals surface area contributed by atoms with Gasteiger partial charge < -0.3 is 10.6 Å². The lowest BCUT2D eigenvalue weighted by Gasteiger charge is -2.15. The van der Waals surface area contributed by atoms with Gasteiger partial charge in [-0.3, -0.25) is 4.85 Å². The first-order valence-electron chi connectivity index (χ1n) is 9.03. The molecule has 29 heavy (non-hydrogen) atoms. The summed E-state index contributed by atoms with van der Waals surface area (Å²) < 4.78 is 41.4. The second kappa shape index (κ2) is 6.62. The molecule has 2 heterocycles. The van der Waals surface area contributed by atoms with E-state index in [-0.39, 0.29) is 17.8 Å². The van der Waals surface area contributed by atoms with E-state index in [1.54, 1.807) is 36.9 Å². The maximum absolute atomic E-state index is 13.3. The molecule has 0 bridgehead atoms. The Labute approximate surface area is 164 Å². The van der Waals surface area contributed by atoms with Gasteiger partial charge in [-0.2, -0.15) is 27.9 Å². The van der Waals surface area contributed by atoms with Crippen molar-refractivity contribution in [3.63, 3.8) is 0 Å². The second-order valence-electron chi connectivity index (χ2n) is 7.40. The van der Waals surface area contributed by atoms with Gasteiger partial charge in [-0.05, 0) is 25.0 Å². The van der Waals surface area contributed by atoms with E-state index in [9.17, 15) is 13.2 Å². The van der Waals surface area contributed by atoms with Gasteiger partial charge in [0.15, 0.2) is 0 Å². The van der Waals surface area contributed by atoms with Gasteiger partial charge >= 0.3 is 11.8 Å². The Hall–Kier alpha value is -3.35. The van der Waals surface area contributed by atoms with Crippen LogP contribution in [0.15, 0.2) is 30.6 Å². The molecule has 0 spiro atoms. The standard InChI is InChI=1S/C19H18F3N7/c1-18(2,23-3)29-15-6-4-5-14(12(15)9-25-29)27-17-24-10-13(19(20,21)22)16(28-17)26-11-7-8-11/h4-6,9-11H,7-8H2,1-2H3,(H2,24,26,27,28). The van der Waals surface area contributed by atoms with Crippen molar-refractivity contribution in [2.75, 3.05) is 10.6 Å². The normalized spacial score (nSPS) is 14.6. The van der Waals surface area contributed by atoms with Crippen LogP contribution in [-0.4, -0.2) is 25.8 Å². The van der Waals surface area contributed by atoms with Crippen LogP contribution in [-0.2, 0) is 11.8 Å². The third kappa shape index (κ3) is 3.68. The highest BCUT2D eigenvalue weighted by atomic mass is 19.4. The van der Waals surface area contributed by atoms with Crippen molar-refractivity contribution < 1.29 is 13.2 Å². The molecule has 1 aromatic carbocycles. The zero-order valence-corrected chi connectivity index (χ0v) is 15.7. The first kappa shape index (κ1) is 19.0. The molecule has 7 nitrogen and oxygen atoms in total. The van der Waals surface area contributed by atoms with Gasteiger partial charge in [-0.25, -0.2) is 11.6 Å². The Morgan fingerprint density at radius 3 is 2.62 bits per heavy atom. The number of nitrogens with zero attached hydrogens (tertiary/aromatic N) is 5. The molecule has 1 saturated carbocycles. The Bertz CT molecular complexity index is 1110. The molecular formula is C19H18F3N7. The number of benzene rings is 1. The van der Waals surface area contributed by atoms with E-state index in [1.165, 1.54) is 0 Å². The highest BCUT2D eigenvalue weighted by Crippen LogP contribution is 2.37. The third-order valence-corrected chi connectivity index (χ3v) is 4.66. The maximum atomic E-state index is 13.3. The number of halogens is 3. The quantitative estimate of drug-likeness (QED) is 0.603. The SMILES string of the molecule is [C-]#[N+]C(C)(C)n1ncc2c(Nc3ncc(C(F)(F)F)c(NC4CC4)n3)cccc21. The predicted molar refractivity (Wildman–Crippen MR) is 103 cm³/mol. The fraction of sp³-hybridized carbons (Fsp3) is 0.368. The zero-order chi connectivity index (χ0) is 20.8. The molecular weight excluding hydrogens is 383 g/mol. The molecule has 3 aromatic rings. The maximum Gasteiger partial charge on any atom is 0.421 e. The molecule has 4 rings (SSSR count). The molecule has 2 N–H and O–H groups in total. The largest absolute Gasteiger partial charge is 0.421 e. The first-order valence-corrected chi connectivity index (χ1v) is 9.03. The Balaban J connectivity index is 1.71. The van der Waals surface area contributed by atoms with Crippen LogP contribution < -0.4 is 10.6 Å². The van der Waals surface area contributed by atoms with Crippen molar-refractivity contribution in [1.82, 2.24) is 19.7 Å². The van der Waals surface area contributed by atoms with Gasteiger partial charge in [0.05, 0.1) is 17.4 Å². The Kier molecular flexibility index (Phi) is 4.33. The monoisotopic (exact) mass is 401 g/mol. The van der Waals surface area contributed by atoms with E-state index in [0.717, 1.165) is 24.6 Å². The number of rotatable bonds is 5. The van der Waals surface area contributed by atoms with Crippen molar-refractivity contribution >= 4 is 28.4 Å². The average Bonchev–Trinajstić information content (AvgIpc) is 3.35. The number of alkyl halides is 3. The van der Waals surface area contributed by atoms with E-state index < -0.39 is 17.4 Å². The number of nitrogens with one attached hydrogen (secondary N) is 2. The summed E-state index contributed by atoms with van der Waals surface area (Å²) in [6, 6.07) is 5.37. The molecule has 2 aromatic heterocycles. The summed E-state index contributed by atoms with van der Waals surface area (Å²) in [4.78, 5) is 11.5. The van der Waals surface area contributed by atoms with Crippen LogP contribution in [0.5, 0.6) is 0 Å². The summed E-state index contributed by atoms with van der Waals surface area (Å²) in [6.07, 6.45) is -0.509. The molecule has 150 valence electrons. The van der Waals surface area contributed by atoms with E-state index in [2.05, 4.69) is 30.5 Å². The van der Waals surface area contributed by atoms with Gasteiger partial charge in [0.25, 0.3) is 0 Å². The molecule has 10 heteroatoms. The minimum absolute atomic E-state index is 0.0105. The minimum Gasteiger partial charge on any atom is -0.367 e. The van der Waals surface area contributed by atoms with Gasteiger partial charge in [-0.15, -0.1) is 0 Å². The van der Waals surface area contributed by atoms with Crippen LogP contribution in [0.4, 0.5) is 30.6 Å². The van der Waals surface area contributed by atoms with Crippen molar-refractivity contribution in [3.05, 3.63) is 47.6 Å². The van der Waals surface area contributed by atoms with Crippen LogP contribution in [0.3, 0.4) is 0 Å². The van der Waals surface area contributed by atoms with Crippen LogP contribution in [0.1, 0.15) is 32.3 Å². The second-order valence-corrected chi connectivity index (χ2v) is 7.40. The number of aromatic nitrogens is 4. The molecule has 1 aliphatic carbocycles. The van der Waals surface area contributed by atoms with E-state index in [0.29, 0.717) is 11.1 Å². The van der Waals surface area contributed by atoms with Crippen molar-refractivity contribution in [3.8, 4) is 0 Å². The molecule has 0 amide bonds. The smallest absolute Gasteiger partial charge is 0.367 e. The van der Waals surface area contributed by atoms with Crippen LogP contribution in [0, 0.1) is 6.57 Å². The molecule has 0 aliphatic heterocycles. The van der Waals surface area contributed by atoms with Gasteiger partial charge in [-0.1, -0.05) is 6.07 Å². The summed E-state index contributed by atoms with van der Waals surface area (Å²) in [5, 5.41) is 10.8.